The highest BCUT2D eigenvalue weighted by Crippen LogP contribution is 2.50. The summed E-state index contributed by atoms with van der Waals surface area (Å²) in [5.41, 5.74) is 2.76. The number of hydrogen-bond donors (Lipinski definition) is 1. The number of pyridine rings is 1. The predicted molar refractivity (Wildman–Crippen MR) is 113 cm³/mol. The minimum absolute atomic E-state index is 0.0160. The van der Waals surface area contributed by atoms with Crippen molar-refractivity contribution in [1.29, 1.82) is 0 Å². The van der Waals surface area contributed by atoms with Crippen LogP contribution >= 0.6 is 0 Å². The number of benzene rings is 2. The van der Waals surface area contributed by atoms with E-state index in [1.165, 1.54) is 0 Å². The first kappa shape index (κ1) is 18.5. The van der Waals surface area contributed by atoms with E-state index in [4.69, 9.17) is 14.2 Å². The second kappa shape index (κ2) is 7.71. The van der Waals surface area contributed by atoms with Gasteiger partial charge in [0.15, 0.2) is 11.5 Å². The van der Waals surface area contributed by atoms with Gasteiger partial charge in [0.05, 0.1) is 12.8 Å². The van der Waals surface area contributed by atoms with Crippen molar-refractivity contribution < 1.29 is 19.0 Å². The number of rotatable bonds is 5. The average Bonchev–Trinajstić information content (AvgIpc) is 3.60. The number of aromatic nitrogens is 1. The number of carbonyl (C=O) groups excluding carboxylic acids is 1. The average molecular weight is 402 g/mol. The Morgan fingerprint density at radius 2 is 1.87 bits per heavy atom. The number of nitrogens with one attached hydrogen (secondary N) is 1. The zero-order valence-electron chi connectivity index (χ0n) is 16.6. The molecule has 1 saturated carbocycles. The first-order valence-corrected chi connectivity index (χ1v) is 10.0. The van der Waals surface area contributed by atoms with E-state index >= 15 is 0 Å². The van der Waals surface area contributed by atoms with Crippen molar-refractivity contribution in [3.8, 4) is 28.5 Å². The molecule has 3 aromatic rings. The maximum Gasteiger partial charge on any atom is 0.229 e. The van der Waals surface area contributed by atoms with E-state index in [2.05, 4.69) is 10.3 Å². The maximum atomic E-state index is 12.8. The van der Waals surface area contributed by atoms with Gasteiger partial charge in [-0.2, -0.15) is 0 Å². The minimum Gasteiger partial charge on any atom is -0.496 e. The summed E-state index contributed by atoms with van der Waals surface area (Å²) in [4.78, 5) is 17.4. The van der Waals surface area contributed by atoms with Crippen molar-refractivity contribution in [3.63, 3.8) is 0 Å². The fourth-order valence-corrected chi connectivity index (χ4v) is 3.89. The van der Waals surface area contributed by atoms with Crippen LogP contribution in [0.15, 0.2) is 60.7 Å². The number of fused-ring (bicyclic) bond motifs is 1. The number of ether oxygens (including phenoxy) is 3. The van der Waals surface area contributed by atoms with Crippen molar-refractivity contribution >= 4 is 11.7 Å². The van der Waals surface area contributed by atoms with E-state index < -0.39 is 0 Å². The summed E-state index contributed by atoms with van der Waals surface area (Å²) in [6.07, 6.45) is 0.814. The number of methoxy groups -OCH3 is 1. The normalized spacial score (nSPS) is 19.1. The molecule has 2 aliphatic rings. The molecule has 1 aliphatic heterocycles. The zero-order valence-corrected chi connectivity index (χ0v) is 16.6. The lowest BCUT2D eigenvalue weighted by molar-refractivity contribution is -0.117. The van der Waals surface area contributed by atoms with Crippen LogP contribution in [0.4, 0.5) is 5.82 Å². The standard InChI is InChI=1S/C24H22N2O4/c1-28-20-7-3-2-5-16(20)17-14-18(17)24(27)26-23-8-4-6-19(25-23)15-9-10-21-22(13-15)30-12-11-29-21/h2-10,13,17-18H,11-12,14H2,1H3,(H,25,26,27). The van der Waals surface area contributed by atoms with E-state index in [0.717, 1.165) is 34.7 Å². The van der Waals surface area contributed by atoms with E-state index in [1.807, 2.05) is 54.6 Å². The minimum atomic E-state index is -0.0685. The van der Waals surface area contributed by atoms with Crippen molar-refractivity contribution in [2.24, 2.45) is 5.92 Å². The van der Waals surface area contributed by atoms with Gasteiger partial charge < -0.3 is 19.5 Å². The van der Waals surface area contributed by atoms with Gasteiger partial charge in [-0.3, -0.25) is 4.79 Å². The molecule has 2 unspecified atom stereocenters. The van der Waals surface area contributed by atoms with Gasteiger partial charge in [-0.1, -0.05) is 24.3 Å². The summed E-state index contributed by atoms with van der Waals surface area (Å²) < 4.78 is 16.7. The number of hydrogen-bond acceptors (Lipinski definition) is 5. The highest BCUT2D eigenvalue weighted by Gasteiger charge is 2.45. The fourth-order valence-electron chi connectivity index (χ4n) is 3.89. The Morgan fingerprint density at radius 3 is 2.73 bits per heavy atom. The van der Waals surface area contributed by atoms with Crippen molar-refractivity contribution in [2.45, 2.75) is 12.3 Å². The number of carbonyl (C=O) groups is 1. The van der Waals surface area contributed by atoms with Crippen LogP contribution in [0.2, 0.25) is 0 Å². The second-order valence-corrected chi connectivity index (χ2v) is 7.45. The summed E-state index contributed by atoms with van der Waals surface area (Å²) in [5.74, 6) is 2.92. The van der Waals surface area contributed by atoms with Crippen LogP contribution in [0.3, 0.4) is 0 Å². The third kappa shape index (κ3) is 3.56. The van der Waals surface area contributed by atoms with Crippen LogP contribution in [0.25, 0.3) is 11.3 Å². The molecule has 1 aromatic heterocycles. The molecule has 1 amide bonds. The quantitative estimate of drug-likeness (QED) is 0.690. The summed E-state index contributed by atoms with van der Waals surface area (Å²) in [6, 6.07) is 19.2. The lowest BCUT2D eigenvalue weighted by Gasteiger charge is -2.18. The Morgan fingerprint density at radius 1 is 1.03 bits per heavy atom. The molecule has 0 radical (unpaired) electrons. The monoisotopic (exact) mass is 402 g/mol. The molecule has 6 heteroatoms. The Bertz CT molecular complexity index is 1100. The second-order valence-electron chi connectivity index (χ2n) is 7.45. The summed E-state index contributed by atoms with van der Waals surface area (Å²) in [7, 11) is 1.66. The number of para-hydroxylation sites is 1. The molecule has 0 bridgehead atoms. The summed E-state index contributed by atoms with van der Waals surface area (Å²) >= 11 is 0. The molecule has 1 fully saturated rings. The highest BCUT2D eigenvalue weighted by molar-refractivity contribution is 5.94. The van der Waals surface area contributed by atoms with E-state index in [-0.39, 0.29) is 17.7 Å². The van der Waals surface area contributed by atoms with Gasteiger partial charge in [0.25, 0.3) is 0 Å². The van der Waals surface area contributed by atoms with Gasteiger partial charge >= 0.3 is 0 Å². The molecule has 5 rings (SSSR count). The van der Waals surface area contributed by atoms with Gasteiger partial charge in [0, 0.05) is 11.5 Å². The van der Waals surface area contributed by atoms with Crippen LogP contribution in [0.1, 0.15) is 17.9 Å². The number of nitrogens with zero attached hydrogens (tertiary/aromatic N) is 1. The van der Waals surface area contributed by atoms with Gasteiger partial charge in [0.1, 0.15) is 24.8 Å². The van der Waals surface area contributed by atoms with Crippen molar-refractivity contribution in [2.75, 3.05) is 25.6 Å². The van der Waals surface area contributed by atoms with Gasteiger partial charge in [-0.05, 0) is 54.3 Å². The Kier molecular flexibility index (Phi) is 4.75. The molecular formula is C24H22N2O4. The van der Waals surface area contributed by atoms with Crippen LogP contribution < -0.4 is 19.5 Å². The summed E-state index contributed by atoms with van der Waals surface area (Å²) in [6.45, 7) is 1.10. The topological polar surface area (TPSA) is 69.7 Å². The zero-order chi connectivity index (χ0) is 20.5. The Balaban J connectivity index is 1.30. The third-order valence-corrected chi connectivity index (χ3v) is 5.50. The van der Waals surface area contributed by atoms with Crippen LogP contribution in [0, 0.1) is 5.92 Å². The molecule has 152 valence electrons. The van der Waals surface area contributed by atoms with Crippen molar-refractivity contribution in [1.82, 2.24) is 4.98 Å². The summed E-state index contributed by atoms with van der Waals surface area (Å²) in [5, 5.41) is 2.97. The lowest BCUT2D eigenvalue weighted by atomic mass is 10.1. The molecule has 0 saturated heterocycles. The predicted octanol–water partition coefficient (Wildman–Crippen LogP) is 4.27. The number of anilines is 1. The Hall–Kier alpha value is -3.54. The molecule has 2 aromatic carbocycles. The molecule has 1 N–H and O–H groups in total. The molecule has 6 nitrogen and oxygen atoms in total. The number of amides is 1. The fraction of sp³-hybridized carbons (Fsp3) is 0.250. The largest absolute Gasteiger partial charge is 0.496 e. The van der Waals surface area contributed by atoms with Crippen LogP contribution in [0.5, 0.6) is 17.2 Å². The van der Waals surface area contributed by atoms with Crippen LogP contribution in [-0.2, 0) is 4.79 Å². The smallest absolute Gasteiger partial charge is 0.229 e. The van der Waals surface area contributed by atoms with Gasteiger partial charge in [0.2, 0.25) is 5.91 Å². The van der Waals surface area contributed by atoms with Crippen LogP contribution in [-0.4, -0.2) is 31.2 Å². The molecule has 30 heavy (non-hydrogen) atoms. The lowest BCUT2D eigenvalue weighted by Crippen LogP contribution is -2.16. The Labute approximate surface area is 174 Å². The molecular weight excluding hydrogens is 380 g/mol. The first-order chi connectivity index (χ1) is 14.7. The molecule has 2 heterocycles. The SMILES string of the molecule is COc1ccccc1C1CC1C(=O)Nc1cccc(-c2ccc3c(c2)OCCO3)n1. The highest BCUT2D eigenvalue weighted by atomic mass is 16.6. The third-order valence-electron chi connectivity index (χ3n) is 5.50. The molecule has 1 aliphatic carbocycles. The van der Waals surface area contributed by atoms with E-state index in [0.29, 0.717) is 24.8 Å². The van der Waals surface area contributed by atoms with Crippen molar-refractivity contribution in [3.05, 3.63) is 66.2 Å². The molecule has 0 spiro atoms. The molecule has 2 atom stereocenters. The first-order valence-electron chi connectivity index (χ1n) is 10.0. The van der Waals surface area contributed by atoms with E-state index in [1.54, 1.807) is 13.2 Å². The maximum absolute atomic E-state index is 12.8. The van der Waals surface area contributed by atoms with Gasteiger partial charge in [-0.25, -0.2) is 4.98 Å². The van der Waals surface area contributed by atoms with E-state index in [9.17, 15) is 4.79 Å². The van der Waals surface area contributed by atoms with Gasteiger partial charge in [-0.15, -0.1) is 0 Å².